The fraction of sp³-hybridized carbons (Fsp3) is 0.348. The molecule has 0 aromatic heterocycles. The lowest BCUT2D eigenvalue weighted by Crippen LogP contribution is -2.42. The van der Waals surface area contributed by atoms with Gasteiger partial charge in [0.1, 0.15) is 5.78 Å². The molecule has 0 spiro atoms. The Balaban J connectivity index is 1.87. The van der Waals surface area contributed by atoms with Crippen molar-refractivity contribution in [1.82, 2.24) is 0 Å². The van der Waals surface area contributed by atoms with Gasteiger partial charge < -0.3 is 10.1 Å². The summed E-state index contributed by atoms with van der Waals surface area (Å²) in [5.74, 6) is -0.478. The molecular formula is C23H25NO4. The maximum atomic E-state index is 12.6. The van der Waals surface area contributed by atoms with Crippen molar-refractivity contribution in [3.8, 4) is 0 Å². The van der Waals surface area contributed by atoms with Crippen molar-refractivity contribution in [2.24, 2.45) is 0 Å². The monoisotopic (exact) mass is 379 g/mol. The predicted octanol–water partition coefficient (Wildman–Crippen LogP) is 4.25. The van der Waals surface area contributed by atoms with Crippen molar-refractivity contribution in [2.45, 2.75) is 44.9 Å². The topological polar surface area (TPSA) is 72.5 Å². The lowest BCUT2D eigenvalue weighted by atomic mass is 9.62. The van der Waals surface area contributed by atoms with E-state index in [-0.39, 0.29) is 17.1 Å². The second-order valence-electron chi connectivity index (χ2n) is 8.39. The molecule has 2 aromatic carbocycles. The number of ketones is 1. The number of rotatable bonds is 3. The summed E-state index contributed by atoms with van der Waals surface area (Å²) in [5.41, 5.74) is 2.79. The highest BCUT2D eigenvalue weighted by atomic mass is 16.5. The summed E-state index contributed by atoms with van der Waals surface area (Å²) in [7, 11) is 1.31. The Labute approximate surface area is 165 Å². The van der Waals surface area contributed by atoms with Gasteiger partial charge >= 0.3 is 5.97 Å². The number of methoxy groups -OCH3 is 1. The summed E-state index contributed by atoms with van der Waals surface area (Å²) >= 11 is 0. The number of amides is 1. The van der Waals surface area contributed by atoms with Gasteiger partial charge in [-0.1, -0.05) is 19.9 Å². The molecule has 1 amide bonds. The normalized spacial score (nSPS) is 16.8. The van der Waals surface area contributed by atoms with E-state index in [9.17, 15) is 14.4 Å². The van der Waals surface area contributed by atoms with Crippen molar-refractivity contribution < 1.29 is 19.1 Å². The minimum absolute atomic E-state index is 0.229. The smallest absolute Gasteiger partial charge is 0.337 e. The third kappa shape index (κ3) is 3.44. The van der Waals surface area contributed by atoms with E-state index in [2.05, 4.69) is 23.9 Å². The molecule has 0 saturated carbocycles. The highest BCUT2D eigenvalue weighted by Crippen LogP contribution is 2.44. The van der Waals surface area contributed by atoms with E-state index in [1.807, 2.05) is 32.0 Å². The number of nitrogens with one attached hydrogen (secondary N) is 1. The molecule has 5 heteroatoms. The van der Waals surface area contributed by atoms with E-state index in [4.69, 9.17) is 0 Å². The SMILES string of the molecule is COC(=O)c1ccc(C(=O)Nc2ccc3c(c2)C(C)(C)CC(=O)C3(C)C)cc1. The van der Waals surface area contributed by atoms with Crippen LogP contribution >= 0.6 is 0 Å². The first kappa shape index (κ1) is 19.8. The van der Waals surface area contributed by atoms with E-state index >= 15 is 0 Å². The lowest BCUT2D eigenvalue weighted by molar-refractivity contribution is -0.125. The molecule has 0 unspecified atom stereocenters. The number of carbonyl (C=O) groups is 3. The summed E-state index contributed by atoms with van der Waals surface area (Å²) in [6.07, 6.45) is 0.472. The van der Waals surface area contributed by atoms with E-state index < -0.39 is 11.4 Å². The molecule has 28 heavy (non-hydrogen) atoms. The molecule has 2 aromatic rings. The van der Waals surface area contributed by atoms with Gasteiger partial charge in [-0.15, -0.1) is 0 Å². The largest absolute Gasteiger partial charge is 0.465 e. The third-order valence-electron chi connectivity index (χ3n) is 5.55. The van der Waals surface area contributed by atoms with Gasteiger partial charge in [0.15, 0.2) is 0 Å². The molecule has 0 radical (unpaired) electrons. The summed E-state index contributed by atoms with van der Waals surface area (Å²) in [4.78, 5) is 36.6. The van der Waals surface area contributed by atoms with Crippen LogP contribution in [-0.2, 0) is 20.4 Å². The average Bonchev–Trinajstić information content (AvgIpc) is 2.66. The van der Waals surface area contributed by atoms with Gasteiger partial charge in [0.25, 0.3) is 5.91 Å². The molecule has 0 bridgehead atoms. The van der Waals surface area contributed by atoms with Gasteiger partial charge in [-0.2, -0.15) is 0 Å². The van der Waals surface area contributed by atoms with Crippen LogP contribution in [0.5, 0.6) is 0 Å². The van der Waals surface area contributed by atoms with E-state index in [1.54, 1.807) is 24.3 Å². The predicted molar refractivity (Wildman–Crippen MR) is 108 cm³/mol. The summed E-state index contributed by atoms with van der Waals surface area (Å²) in [6, 6.07) is 12.0. The van der Waals surface area contributed by atoms with Gasteiger partial charge in [0, 0.05) is 23.1 Å². The number of fused-ring (bicyclic) bond motifs is 1. The Morgan fingerprint density at radius 1 is 0.929 bits per heavy atom. The van der Waals surface area contributed by atoms with Crippen molar-refractivity contribution in [1.29, 1.82) is 0 Å². The molecule has 0 aliphatic heterocycles. The first-order valence-electron chi connectivity index (χ1n) is 9.24. The fourth-order valence-electron chi connectivity index (χ4n) is 3.67. The number of esters is 1. The van der Waals surface area contributed by atoms with Crippen molar-refractivity contribution in [3.63, 3.8) is 0 Å². The number of Topliss-reactive ketones (excluding diaryl/α,β-unsaturated/α-hetero) is 1. The number of hydrogen-bond donors (Lipinski definition) is 1. The van der Waals surface area contributed by atoms with Crippen LogP contribution in [0.4, 0.5) is 5.69 Å². The fourth-order valence-corrected chi connectivity index (χ4v) is 3.67. The Kier molecular flexibility index (Phi) is 4.88. The number of anilines is 1. The molecule has 1 aliphatic carbocycles. The molecular weight excluding hydrogens is 354 g/mol. The van der Waals surface area contributed by atoms with Crippen LogP contribution in [0.15, 0.2) is 42.5 Å². The molecule has 146 valence electrons. The van der Waals surface area contributed by atoms with Crippen LogP contribution in [0.3, 0.4) is 0 Å². The third-order valence-corrected chi connectivity index (χ3v) is 5.55. The van der Waals surface area contributed by atoms with Crippen molar-refractivity contribution >= 4 is 23.3 Å². The van der Waals surface area contributed by atoms with Gasteiger partial charge in [-0.3, -0.25) is 9.59 Å². The molecule has 0 fully saturated rings. The highest BCUT2D eigenvalue weighted by Gasteiger charge is 2.43. The quantitative estimate of drug-likeness (QED) is 0.809. The van der Waals surface area contributed by atoms with E-state index in [1.165, 1.54) is 7.11 Å². The number of hydrogen-bond acceptors (Lipinski definition) is 4. The van der Waals surface area contributed by atoms with Crippen LogP contribution in [0.2, 0.25) is 0 Å². The van der Waals surface area contributed by atoms with Gasteiger partial charge in [-0.25, -0.2) is 4.79 Å². The zero-order valence-electron chi connectivity index (χ0n) is 16.9. The van der Waals surface area contributed by atoms with Crippen molar-refractivity contribution in [2.75, 3.05) is 12.4 Å². The van der Waals surface area contributed by atoms with Crippen LogP contribution in [0.25, 0.3) is 0 Å². The van der Waals surface area contributed by atoms with Crippen LogP contribution in [0.1, 0.15) is 66.0 Å². The van der Waals surface area contributed by atoms with Gasteiger partial charge in [0.2, 0.25) is 0 Å². The van der Waals surface area contributed by atoms with Crippen LogP contribution in [-0.4, -0.2) is 24.8 Å². The average molecular weight is 379 g/mol. The Hall–Kier alpha value is -2.95. The van der Waals surface area contributed by atoms with Gasteiger partial charge in [-0.05, 0) is 66.8 Å². The standard InChI is InChI=1S/C23H25NO4/c1-22(2)13-19(25)23(3,4)17-11-10-16(12-18(17)22)24-20(26)14-6-8-15(9-7-14)21(27)28-5/h6-12H,13H2,1-5H3,(H,24,26). The van der Waals surface area contributed by atoms with Crippen LogP contribution < -0.4 is 5.32 Å². The van der Waals surface area contributed by atoms with Crippen molar-refractivity contribution in [3.05, 3.63) is 64.7 Å². The molecule has 3 rings (SSSR count). The zero-order valence-corrected chi connectivity index (χ0v) is 16.9. The second kappa shape index (κ2) is 6.89. The first-order valence-corrected chi connectivity index (χ1v) is 9.24. The summed E-state index contributed by atoms with van der Waals surface area (Å²) < 4.78 is 4.67. The highest BCUT2D eigenvalue weighted by molar-refractivity contribution is 6.05. The maximum Gasteiger partial charge on any atom is 0.337 e. The number of ether oxygens (including phenoxy) is 1. The molecule has 0 atom stereocenters. The minimum atomic E-state index is -0.531. The maximum absolute atomic E-state index is 12.6. The van der Waals surface area contributed by atoms with Gasteiger partial charge in [0.05, 0.1) is 12.7 Å². The van der Waals surface area contributed by atoms with E-state index in [0.717, 1.165) is 11.1 Å². The Morgan fingerprint density at radius 2 is 1.54 bits per heavy atom. The first-order chi connectivity index (χ1) is 13.1. The van der Waals surface area contributed by atoms with E-state index in [0.29, 0.717) is 23.2 Å². The number of benzene rings is 2. The Bertz CT molecular complexity index is 955. The molecule has 1 aliphatic rings. The lowest BCUT2D eigenvalue weighted by Gasteiger charge is -2.40. The zero-order chi connectivity index (χ0) is 20.7. The minimum Gasteiger partial charge on any atom is -0.465 e. The second-order valence-corrected chi connectivity index (χ2v) is 8.39. The number of carbonyl (C=O) groups excluding carboxylic acids is 3. The molecule has 1 N–H and O–H groups in total. The molecule has 0 saturated heterocycles. The Morgan fingerprint density at radius 3 is 2.14 bits per heavy atom. The van der Waals surface area contributed by atoms with Crippen LogP contribution in [0, 0.1) is 0 Å². The summed E-state index contributed by atoms with van der Waals surface area (Å²) in [5, 5.41) is 2.91. The summed E-state index contributed by atoms with van der Waals surface area (Å²) in [6.45, 7) is 8.00. The molecule has 0 heterocycles. The molecule has 5 nitrogen and oxygen atoms in total.